The number of likely N-dealkylation sites (tertiary alicyclic amines) is 1. The molecule has 0 bridgehead atoms. The summed E-state index contributed by atoms with van der Waals surface area (Å²) in [6, 6.07) is 0. The Hall–Kier alpha value is -1.71. The Morgan fingerprint density at radius 3 is 2.57 bits per heavy atom. The van der Waals surface area contributed by atoms with Crippen LogP contribution >= 0.6 is 0 Å². The molecule has 0 radical (unpaired) electrons. The average Bonchev–Trinajstić information content (AvgIpc) is 3.01. The minimum Gasteiger partial charge on any atom is -0.387 e. The fourth-order valence-corrected chi connectivity index (χ4v) is 3.32. The average molecular weight is 328 g/mol. The van der Waals surface area contributed by atoms with Gasteiger partial charge in [-0.1, -0.05) is 0 Å². The summed E-state index contributed by atoms with van der Waals surface area (Å²) in [5, 5.41) is 11.0. The molecule has 0 saturated carbocycles. The molecule has 0 aliphatic carbocycles. The fraction of sp³-hybridized carbons (Fsp3) is 0.786. The smallest absolute Gasteiger partial charge is 0.272 e. The SMILES string of the molecule is CC(C)(O)C(ON1CCC2(CCCN2C(=O)CN)C1=O)C(N)=O. The van der Waals surface area contributed by atoms with Gasteiger partial charge in [-0.15, -0.1) is 0 Å². The van der Waals surface area contributed by atoms with Crippen LogP contribution in [0.25, 0.3) is 0 Å². The van der Waals surface area contributed by atoms with E-state index in [4.69, 9.17) is 16.3 Å². The summed E-state index contributed by atoms with van der Waals surface area (Å²) in [7, 11) is 0. The predicted molar refractivity (Wildman–Crippen MR) is 79.4 cm³/mol. The molecule has 9 nitrogen and oxygen atoms in total. The van der Waals surface area contributed by atoms with E-state index >= 15 is 0 Å². The second-order valence-electron chi connectivity index (χ2n) is 6.58. The first-order valence-electron chi connectivity index (χ1n) is 7.64. The molecule has 2 unspecified atom stereocenters. The van der Waals surface area contributed by atoms with Gasteiger partial charge < -0.3 is 21.5 Å². The molecule has 3 amide bonds. The minimum absolute atomic E-state index is 0.163. The molecule has 2 rings (SSSR count). The number of hydroxylamine groups is 2. The number of carbonyl (C=O) groups excluding carboxylic acids is 3. The van der Waals surface area contributed by atoms with E-state index in [1.54, 1.807) is 0 Å². The van der Waals surface area contributed by atoms with Crippen molar-refractivity contribution in [2.75, 3.05) is 19.6 Å². The molecule has 0 aromatic carbocycles. The van der Waals surface area contributed by atoms with Crippen LogP contribution in [-0.2, 0) is 19.2 Å². The Bertz CT molecular complexity index is 518. The van der Waals surface area contributed by atoms with Crippen LogP contribution in [-0.4, -0.2) is 69.7 Å². The maximum absolute atomic E-state index is 12.8. The van der Waals surface area contributed by atoms with E-state index in [2.05, 4.69) is 0 Å². The number of carbonyl (C=O) groups is 3. The lowest BCUT2D eigenvalue weighted by atomic mass is 9.94. The maximum atomic E-state index is 12.8. The van der Waals surface area contributed by atoms with Gasteiger partial charge >= 0.3 is 0 Å². The summed E-state index contributed by atoms with van der Waals surface area (Å²) in [5.41, 5.74) is 8.17. The molecule has 9 heteroatoms. The summed E-state index contributed by atoms with van der Waals surface area (Å²) in [6.07, 6.45) is 0.272. The van der Waals surface area contributed by atoms with Gasteiger partial charge in [0.25, 0.3) is 11.8 Å². The molecule has 2 atom stereocenters. The van der Waals surface area contributed by atoms with Crippen molar-refractivity contribution in [1.29, 1.82) is 0 Å². The summed E-state index contributed by atoms with van der Waals surface area (Å²) in [4.78, 5) is 43.2. The van der Waals surface area contributed by atoms with Crippen LogP contribution in [0.4, 0.5) is 0 Å². The van der Waals surface area contributed by atoms with Gasteiger partial charge in [0.1, 0.15) is 5.54 Å². The Morgan fingerprint density at radius 1 is 1.39 bits per heavy atom. The Kier molecular flexibility index (Phi) is 4.65. The van der Waals surface area contributed by atoms with Crippen molar-refractivity contribution in [1.82, 2.24) is 9.96 Å². The third-order valence-electron chi connectivity index (χ3n) is 4.45. The summed E-state index contributed by atoms with van der Waals surface area (Å²) in [6.45, 7) is 3.27. The third-order valence-corrected chi connectivity index (χ3v) is 4.45. The van der Waals surface area contributed by atoms with Gasteiger partial charge in [-0.3, -0.25) is 19.2 Å². The number of aliphatic hydroxyl groups is 1. The molecule has 0 aromatic rings. The largest absolute Gasteiger partial charge is 0.387 e. The van der Waals surface area contributed by atoms with Crippen molar-refractivity contribution >= 4 is 17.7 Å². The molecular formula is C14H24N4O5. The second-order valence-corrected chi connectivity index (χ2v) is 6.58. The highest BCUT2D eigenvalue weighted by molar-refractivity contribution is 5.93. The summed E-state index contributed by atoms with van der Waals surface area (Å²) >= 11 is 0. The van der Waals surface area contributed by atoms with Crippen LogP contribution in [0, 0.1) is 0 Å². The van der Waals surface area contributed by atoms with Crippen LogP contribution in [0.5, 0.6) is 0 Å². The second kappa shape index (κ2) is 6.06. The lowest BCUT2D eigenvalue weighted by Gasteiger charge is -2.34. The Morgan fingerprint density at radius 2 is 2.04 bits per heavy atom. The topological polar surface area (TPSA) is 139 Å². The van der Waals surface area contributed by atoms with E-state index in [0.29, 0.717) is 25.8 Å². The number of nitrogens with two attached hydrogens (primary N) is 2. The molecule has 2 saturated heterocycles. The van der Waals surface area contributed by atoms with Crippen LogP contribution in [0.15, 0.2) is 0 Å². The third kappa shape index (κ3) is 3.04. The van der Waals surface area contributed by atoms with E-state index in [1.165, 1.54) is 18.7 Å². The number of hydrogen-bond donors (Lipinski definition) is 3. The highest BCUT2D eigenvalue weighted by Crippen LogP contribution is 2.39. The molecule has 1 spiro atoms. The summed E-state index contributed by atoms with van der Waals surface area (Å²) in [5.74, 6) is -1.55. The van der Waals surface area contributed by atoms with Crippen molar-refractivity contribution in [2.24, 2.45) is 11.5 Å². The number of rotatable bonds is 5. The number of nitrogens with zero attached hydrogens (tertiary/aromatic N) is 2. The molecule has 2 aliphatic heterocycles. The van der Waals surface area contributed by atoms with E-state index < -0.39 is 29.1 Å². The van der Waals surface area contributed by atoms with Gasteiger partial charge in [0.15, 0.2) is 6.10 Å². The van der Waals surface area contributed by atoms with E-state index in [-0.39, 0.29) is 19.0 Å². The van der Waals surface area contributed by atoms with Gasteiger partial charge in [-0.05, 0) is 33.1 Å². The van der Waals surface area contributed by atoms with Crippen molar-refractivity contribution in [3.05, 3.63) is 0 Å². The molecule has 5 N–H and O–H groups in total. The Balaban J connectivity index is 2.18. The van der Waals surface area contributed by atoms with Crippen LogP contribution in [0.3, 0.4) is 0 Å². The van der Waals surface area contributed by atoms with Gasteiger partial charge in [-0.2, -0.15) is 0 Å². The van der Waals surface area contributed by atoms with Crippen molar-refractivity contribution in [2.45, 2.75) is 50.4 Å². The molecule has 0 aromatic heterocycles. The molecule has 130 valence electrons. The first-order valence-corrected chi connectivity index (χ1v) is 7.64. The zero-order valence-electron chi connectivity index (χ0n) is 13.4. The van der Waals surface area contributed by atoms with Crippen molar-refractivity contribution < 1.29 is 24.3 Å². The zero-order chi connectivity index (χ0) is 17.4. The van der Waals surface area contributed by atoms with E-state index in [9.17, 15) is 19.5 Å². The summed E-state index contributed by atoms with van der Waals surface area (Å²) < 4.78 is 0. The number of hydrogen-bond acceptors (Lipinski definition) is 6. The first-order chi connectivity index (χ1) is 10.6. The molecule has 2 heterocycles. The molecule has 2 aliphatic rings. The van der Waals surface area contributed by atoms with Gasteiger partial charge in [0.2, 0.25) is 5.91 Å². The predicted octanol–water partition coefficient (Wildman–Crippen LogP) is -1.90. The quantitative estimate of drug-likeness (QED) is 0.538. The lowest BCUT2D eigenvalue weighted by Crippen LogP contribution is -2.56. The van der Waals surface area contributed by atoms with Gasteiger partial charge in [-0.25, -0.2) is 5.06 Å². The minimum atomic E-state index is -1.54. The van der Waals surface area contributed by atoms with Crippen LogP contribution in [0.1, 0.15) is 33.1 Å². The standard InChI is InChI=1S/C14H24N4O5/c1-13(2,22)10(11(16)20)23-18-7-5-14(12(18)21)4-3-6-17(14)9(19)8-15/h10,22H,3-8,15H2,1-2H3,(H2,16,20). The maximum Gasteiger partial charge on any atom is 0.272 e. The van der Waals surface area contributed by atoms with Gasteiger partial charge in [0.05, 0.1) is 18.7 Å². The normalized spacial score (nSPS) is 26.2. The van der Waals surface area contributed by atoms with Crippen LogP contribution in [0.2, 0.25) is 0 Å². The molecule has 2 fully saturated rings. The first kappa shape index (κ1) is 17.6. The number of primary amides is 1. The van der Waals surface area contributed by atoms with E-state index in [0.717, 1.165) is 5.06 Å². The molecular weight excluding hydrogens is 304 g/mol. The number of amides is 3. The highest BCUT2D eigenvalue weighted by Gasteiger charge is 2.56. The van der Waals surface area contributed by atoms with Gasteiger partial charge in [0, 0.05) is 6.54 Å². The highest BCUT2D eigenvalue weighted by atomic mass is 16.7. The van der Waals surface area contributed by atoms with Crippen molar-refractivity contribution in [3.63, 3.8) is 0 Å². The fourth-order valence-electron chi connectivity index (χ4n) is 3.32. The van der Waals surface area contributed by atoms with Crippen molar-refractivity contribution in [3.8, 4) is 0 Å². The van der Waals surface area contributed by atoms with Crippen LogP contribution < -0.4 is 11.5 Å². The van der Waals surface area contributed by atoms with E-state index in [1.807, 2.05) is 0 Å². The zero-order valence-corrected chi connectivity index (χ0v) is 13.4. The lowest BCUT2D eigenvalue weighted by molar-refractivity contribution is -0.227. The molecule has 23 heavy (non-hydrogen) atoms. The monoisotopic (exact) mass is 328 g/mol. The Labute approximate surface area is 134 Å².